The number of anilines is 2. The summed E-state index contributed by atoms with van der Waals surface area (Å²) in [7, 11) is -3.75. The number of hydrogen-bond donors (Lipinski definition) is 3. The van der Waals surface area contributed by atoms with Gasteiger partial charge >= 0.3 is 0 Å². The second kappa shape index (κ2) is 5.38. The molecule has 1 aromatic carbocycles. The highest BCUT2D eigenvalue weighted by Crippen LogP contribution is 2.30. The molecule has 0 bridgehead atoms. The van der Waals surface area contributed by atoms with Crippen LogP contribution >= 0.6 is 0 Å². The Hall–Kier alpha value is -1.27. The predicted molar refractivity (Wildman–Crippen MR) is 77.3 cm³/mol. The Bertz CT molecular complexity index is 551. The fraction of sp³-hybridized carbons (Fsp3) is 0.538. The van der Waals surface area contributed by atoms with Crippen molar-refractivity contribution in [3.8, 4) is 0 Å². The van der Waals surface area contributed by atoms with E-state index in [1.165, 1.54) is 31.7 Å². The molecule has 1 atom stereocenters. The lowest BCUT2D eigenvalue weighted by atomic mass is 9.99. The number of hydrogen-bond acceptors (Lipinski definition) is 4. The van der Waals surface area contributed by atoms with E-state index in [1.54, 1.807) is 12.1 Å². The molecule has 1 aromatic rings. The van der Waals surface area contributed by atoms with Crippen LogP contribution in [0.15, 0.2) is 23.1 Å². The van der Waals surface area contributed by atoms with E-state index >= 15 is 0 Å². The van der Waals surface area contributed by atoms with E-state index in [-0.39, 0.29) is 10.6 Å². The van der Waals surface area contributed by atoms with Crippen molar-refractivity contribution in [3.63, 3.8) is 0 Å². The van der Waals surface area contributed by atoms with Gasteiger partial charge in [0.05, 0.1) is 5.69 Å². The molecule has 1 aliphatic rings. The Morgan fingerprint density at radius 1 is 1.32 bits per heavy atom. The Morgan fingerprint density at radius 2 is 1.95 bits per heavy atom. The quantitative estimate of drug-likeness (QED) is 0.735. The van der Waals surface area contributed by atoms with Gasteiger partial charge in [0.25, 0.3) is 0 Å². The van der Waals surface area contributed by atoms with E-state index in [0.717, 1.165) is 5.69 Å². The molecular formula is C13H21N3O2S. The third-order valence-corrected chi connectivity index (χ3v) is 4.80. The number of sulfonamides is 1. The van der Waals surface area contributed by atoms with Crippen LogP contribution in [0.3, 0.4) is 0 Å². The van der Waals surface area contributed by atoms with Gasteiger partial charge in [-0.1, -0.05) is 12.8 Å². The van der Waals surface area contributed by atoms with Crippen molar-refractivity contribution in [3.05, 3.63) is 18.2 Å². The zero-order chi connectivity index (χ0) is 14.0. The zero-order valence-electron chi connectivity index (χ0n) is 11.1. The largest absolute Gasteiger partial charge is 0.398 e. The molecule has 6 heteroatoms. The lowest BCUT2D eigenvalue weighted by molar-refractivity contribution is 0.482. The summed E-state index contributed by atoms with van der Waals surface area (Å²) in [5, 5.41) is 8.47. The second-order valence-corrected chi connectivity index (χ2v) is 6.81. The molecule has 1 unspecified atom stereocenters. The smallest absolute Gasteiger partial charge is 0.240 e. The molecule has 1 saturated carbocycles. The molecule has 0 radical (unpaired) electrons. The van der Waals surface area contributed by atoms with Crippen molar-refractivity contribution < 1.29 is 8.42 Å². The lowest BCUT2D eigenvalue weighted by Gasteiger charge is -2.22. The molecule has 2 rings (SSSR count). The first-order valence-electron chi connectivity index (χ1n) is 6.57. The Balaban J connectivity index is 2.12. The van der Waals surface area contributed by atoms with Crippen molar-refractivity contribution in [2.75, 3.05) is 11.1 Å². The van der Waals surface area contributed by atoms with Crippen LogP contribution in [0, 0.1) is 5.92 Å². The van der Waals surface area contributed by atoms with E-state index < -0.39 is 10.0 Å². The number of nitrogen functional groups attached to an aromatic ring is 1. The summed E-state index contributed by atoms with van der Waals surface area (Å²) in [4.78, 5) is -0.0217. The molecule has 106 valence electrons. The Labute approximate surface area is 114 Å². The molecule has 0 aromatic heterocycles. The maximum Gasteiger partial charge on any atom is 0.240 e. The van der Waals surface area contributed by atoms with Crippen LogP contribution in [0.2, 0.25) is 0 Å². The maximum absolute atomic E-state index is 11.3. The number of rotatable bonds is 4. The summed E-state index contributed by atoms with van der Waals surface area (Å²) < 4.78 is 22.5. The zero-order valence-corrected chi connectivity index (χ0v) is 11.9. The van der Waals surface area contributed by atoms with Gasteiger partial charge in [-0.05, 0) is 43.9 Å². The lowest BCUT2D eigenvalue weighted by Crippen LogP contribution is -2.24. The Morgan fingerprint density at radius 3 is 2.47 bits per heavy atom. The topological polar surface area (TPSA) is 98.2 Å². The first-order chi connectivity index (χ1) is 8.88. The van der Waals surface area contributed by atoms with Gasteiger partial charge in [-0.2, -0.15) is 0 Å². The van der Waals surface area contributed by atoms with Gasteiger partial charge in [-0.15, -0.1) is 0 Å². The van der Waals surface area contributed by atoms with Crippen molar-refractivity contribution in [2.45, 2.75) is 43.5 Å². The van der Waals surface area contributed by atoms with Gasteiger partial charge in [0, 0.05) is 11.7 Å². The van der Waals surface area contributed by atoms with Crippen LogP contribution in [-0.4, -0.2) is 14.5 Å². The minimum absolute atomic E-state index is 0.0217. The maximum atomic E-state index is 11.3. The van der Waals surface area contributed by atoms with Crippen LogP contribution in [-0.2, 0) is 10.0 Å². The van der Waals surface area contributed by atoms with Gasteiger partial charge < -0.3 is 11.1 Å². The molecule has 0 heterocycles. The molecule has 0 spiro atoms. The van der Waals surface area contributed by atoms with Crippen LogP contribution in [0.1, 0.15) is 32.6 Å². The molecule has 1 aliphatic carbocycles. The van der Waals surface area contributed by atoms with Gasteiger partial charge in [0.1, 0.15) is 4.90 Å². The fourth-order valence-electron chi connectivity index (χ4n) is 2.74. The molecule has 0 aliphatic heterocycles. The van der Waals surface area contributed by atoms with E-state index in [9.17, 15) is 8.42 Å². The highest BCUT2D eigenvalue weighted by Gasteiger charge is 2.21. The van der Waals surface area contributed by atoms with Gasteiger partial charge in [-0.3, -0.25) is 0 Å². The molecule has 5 nitrogen and oxygen atoms in total. The number of primary sulfonamides is 1. The SMILES string of the molecule is CC(Nc1ccc(S(N)(=O)=O)c(N)c1)C1CCCC1. The minimum atomic E-state index is -3.75. The highest BCUT2D eigenvalue weighted by atomic mass is 32.2. The van der Waals surface area contributed by atoms with Gasteiger partial charge in [0.2, 0.25) is 10.0 Å². The summed E-state index contributed by atoms with van der Waals surface area (Å²) >= 11 is 0. The predicted octanol–water partition coefficient (Wildman–Crippen LogP) is 1.91. The minimum Gasteiger partial charge on any atom is -0.398 e. The molecule has 19 heavy (non-hydrogen) atoms. The summed E-state index contributed by atoms with van der Waals surface area (Å²) in [6.45, 7) is 2.15. The first kappa shape index (κ1) is 14.1. The first-order valence-corrected chi connectivity index (χ1v) is 8.11. The number of benzene rings is 1. The second-order valence-electron chi connectivity index (χ2n) is 5.28. The molecule has 0 saturated heterocycles. The third-order valence-electron chi connectivity index (χ3n) is 3.82. The molecular weight excluding hydrogens is 262 g/mol. The van der Waals surface area contributed by atoms with Gasteiger partial charge in [-0.25, -0.2) is 13.6 Å². The van der Waals surface area contributed by atoms with Crippen molar-refractivity contribution in [1.29, 1.82) is 0 Å². The monoisotopic (exact) mass is 283 g/mol. The van der Waals surface area contributed by atoms with Crippen LogP contribution in [0.5, 0.6) is 0 Å². The summed E-state index contributed by atoms with van der Waals surface area (Å²) in [6, 6.07) is 5.16. The van der Waals surface area contributed by atoms with Gasteiger partial charge in [0.15, 0.2) is 0 Å². The standard InChI is InChI=1S/C13H21N3O2S/c1-9(10-4-2-3-5-10)16-11-6-7-13(12(14)8-11)19(15,17)18/h6-10,16H,2-5,14H2,1H3,(H2,15,17,18). The molecule has 0 amide bonds. The molecule has 1 fully saturated rings. The summed E-state index contributed by atoms with van der Waals surface area (Å²) in [6.07, 6.45) is 5.09. The fourth-order valence-corrected chi connectivity index (χ4v) is 3.38. The van der Waals surface area contributed by atoms with Crippen LogP contribution in [0.25, 0.3) is 0 Å². The highest BCUT2D eigenvalue weighted by molar-refractivity contribution is 7.89. The average Bonchev–Trinajstić information content (AvgIpc) is 2.80. The van der Waals surface area contributed by atoms with Crippen LogP contribution < -0.4 is 16.2 Å². The normalized spacial score (nSPS) is 18.4. The van der Waals surface area contributed by atoms with E-state index in [0.29, 0.717) is 12.0 Å². The van der Waals surface area contributed by atoms with E-state index in [4.69, 9.17) is 10.9 Å². The van der Waals surface area contributed by atoms with Crippen molar-refractivity contribution >= 4 is 21.4 Å². The van der Waals surface area contributed by atoms with E-state index in [1.807, 2.05) is 0 Å². The van der Waals surface area contributed by atoms with Crippen LogP contribution in [0.4, 0.5) is 11.4 Å². The number of nitrogens with two attached hydrogens (primary N) is 2. The van der Waals surface area contributed by atoms with Crippen molar-refractivity contribution in [2.24, 2.45) is 11.1 Å². The third kappa shape index (κ3) is 3.39. The summed E-state index contributed by atoms with van der Waals surface area (Å²) in [5.41, 5.74) is 6.76. The van der Waals surface area contributed by atoms with E-state index in [2.05, 4.69) is 12.2 Å². The number of nitrogens with one attached hydrogen (secondary N) is 1. The summed E-state index contributed by atoms with van der Waals surface area (Å²) in [5.74, 6) is 0.680. The average molecular weight is 283 g/mol. The van der Waals surface area contributed by atoms with Crippen molar-refractivity contribution in [1.82, 2.24) is 0 Å². The molecule has 5 N–H and O–H groups in total. The Kier molecular flexibility index (Phi) is 4.01.